The van der Waals surface area contributed by atoms with Crippen molar-refractivity contribution in [3.8, 4) is 0 Å². The summed E-state index contributed by atoms with van der Waals surface area (Å²) in [5.74, 6) is -1.05. The third-order valence-corrected chi connectivity index (χ3v) is 5.33. The number of aromatic nitrogens is 4. The molecular formula is C19H12Cl3N5O3. The Kier molecular flexibility index (Phi) is 5.46. The van der Waals surface area contributed by atoms with Crippen molar-refractivity contribution < 1.29 is 14.3 Å². The van der Waals surface area contributed by atoms with E-state index in [9.17, 15) is 9.59 Å². The average Bonchev–Trinajstić information content (AvgIpc) is 3.21. The monoisotopic (exact) mass is 463 g/mol. The molecule has 152 valence electrons. The lowest BCUT2D eigenvalue weighted by molar-refractivity contribution is -0.136. The van der Waals surface area contributed by atoms with Crippen molar-refractivity contribution in [3.05, 3.63) is 79.9 Å². The summed E-state index contributed by atoms with van der Waals surface area (Å²) in [5, 5.41) is 15.5. The lowest BCUT2D eigenvalue weighted by atomic mass is 9.89. The van der Waals surface area contributed by atoms with Crippen molar-refractivity contribution in [1.82, 2.24) is 20.2 Å². The molecule has 0 spiro atoms. The normalized spacial score (nSPS) is 15.4. The molecule has 2 aromatic carbocycles. The van der Waals surface area contributed by atoms with Gasteiger partial charge in [-0.3, -0.25) is 4.79 Å². The van der Waals surface area contributed by atoms with Crippen LogP contribution in [0.2, 0.25) is 15.1 Å². The van der Waals surface area contributed by atoms with Gasteiger partial charge in [-0.1, -0.05) is 46.0 Å². The maximum atomic E-state index is 13.5. The van der Waals surface area contributed by atoms with Crippen LogP contribution in [0.3, 0.4) is 0 Å². The first-order valence-electron chi connectivity index (χ1n) is 8.53. The summed E-state index contributed by atoms with van der Waals surface area (Å²) >= 11 is 18.4. The third-order valence-electron chi connectivity index (χ3n) is 4.51. The molecule has 0 unspecified atom stereocenters. The molecular weight excluding hydrogens is 453 g/mol. The van der Waals surface area contributed by atoms with E-state index in [0.717, 1.165) is 0 Å². The van der Waals surface area contributed by atoms with Crippen LogP contribution >= 0.6 is 34.8 Å². The highest BCUT2D eigenvalue weighted by Crippen LogP contribution is 2.40. The van der Waals surface area contributed by atoms with Crippen LogP contribution in [0.1, 0.15) is 22.0 Å². The number of carbonyl (C=O) groups is 2. The van der Waals surface area contributed by atoms with Gasteiger partial charge in [-0.05, 0) is 46.8 Å². The Bertz CT molecular complexity index is 1190. The Balaban J connectivity index is 1.97. The van der Waals surface area contributed by atoms with E-state index in [-0.39, 0.29) is 22.2 Å². The Morgan fingerprint density at radius 3 is 2.43 bits per heavy atom. The zero-order chi connectivity index (χ0) is 21.4. The van der Waals surface area contributed by atoms with E-state index in [1.165, 1.54) is 17.9 Å². The fourth-order valence-electron chi connectivity index (χ4n) is 3.16. The van der Waals surface area contributed by atoms with Gasteiger partial charge in [0.1, 0.15) is 11.7 Å². The molecule has 0 saturated heterocycles. The average molecular weight is 465 g/mol. The van der Waals surface area contributed by atoms with Gasteiger partial charge in [0.15, 0.2) is 5.78 Å². The third kappa shape index (κ3) is 3.54. The number of hydrogen-bond acceptors (Lipinski definition) is 7. The SMILES string of the molecule is COC(=O)C1=C(C(=O)c2ccc(Cl)cc2)[C@H](c2ccc(Cl)cc2Cl)n2nnnc2N1. The van der Waals surface area contributed by atoms with Crippen molar-refractivity contribution in [1.29, 1.82) is 0 Å². The highest BCUT2D eigenvalue weighted by Gasteiger charge is 2.39. The van der Waals surface area contributed by atoms with Gasteiger partial charge in [-0.25, -0.2) is 4.79 Å². The highest BCUT2D eigenvalue weighted by atomic mass is 35.5. The van der Waals surface area contributed by atoms with E-state index in [1.54, 1.807) is 36.4 Å². The largest absolute Gasteiger partial charge is 0.464 e. The number of tetrazole rings is 1. The van der Waals surface area contributed by atoms with Gasteiger partial charge in [0.2, 0.25) is 5.95 Å². The molecule has 0 aliphatic carbocycles. The standard InChI is InChI=1S/C19H12Cl3N5O3/c1-30-18(29)15-14(17(28)9-2-4-10(20)5-3-9)16(27-19(23-15)24-25-26-27)12-7-6-11(21)8-13(12)22/h2-8,16H,1H3,(H,23,24,26)/t16-/m0/s1. The van der Waals surface area contributed by atoms with Crippen LogP contribution in [0.25, 0.3) is 0 Å². The van der Waals surface area contributed by atoms with Gasteiger partial charge in [-0.15, -0.1) is 0 Å². The van der Waals surface area contributed by atoms with Crippen molar-refractivity contribution >= 4 is 52.5 Å². The summed E-state index contributed by atoms with van der Waals surface area (Å²) < 4.78 is 6.25. The molecule has 1 aliphatic heterocycles. The number of halogens is 3. The van der Waals surface area contributed by atoms with Gasteiger partial charge in [-0.2, -0.15) is 4.68 Å². The number of nitrogens with zero attached hydrogens (tertiary/aromatic N) is 4. The smallest absolute Gasteiger partial charge is 0.355 e. The highest BCUT2D eigenvalue weighted by molar-refractivity contribution is 6.35. The molecule has 0 bridgehead atoms. The number of esters is 1. The van der Waals surface area contributed by atoms with E-state index in [2.05, 4.69) is 20.8 Å². The molecule has 8 nitrogen and oxygen atoms in total. The first kappa shape index (κ1) is 20.3. The van der Waals surface area contributed by atoms with Gasteiger partial charge in [0.25, 0.3) is 0 Å². The maximum Gasteiger partial charge on any atom is 0.355 e. The van der Waals surface area contributed by atoms with Crippen molar-refractivity contribution in [2.45, 2.75) is 6.04 Å². The lowest BCUT2D eigenvalue weighted by Gasteiger charge is -2.28. The molecule has 0 saturated carbocycles. The van der Waals surface area contributed by atoms with Crippen molar-refractivity contribution in [2.24, 2.45) is 0 Å². The van der Waals surface area contributed by atoms with Crippen molar-refractivity contribution in [3.63, 3.8) is 0 Å². The number of Topliss-reactive ketones (excluding diaryl/α,β-unsaturated/α-hetero) is 1. The van der Waals surface area contributed by atoms with Crippen LogP contribution in [-0.2, 0) is 9.53 Å². The zero-order valence-electron chi connectivity index (χ0n) is 15.3. The van der Waals surface area contributed by atoms with Gasteiger partial charge >= 0.3 is 5.97 Å². The summed E-state index contributed by atoms with van der Waals surface area (Å²) in [6.07, 6.45) is 0. The summed E-state index contributed by atoms with van der Waals surface area (Å²) in [6.45, 7) is 0. The predicted molar refractivity (Wildman–Crippen MR) is 111 cm³/mol. The molecule has 4 rings (SSSR count). The summed E-state index contributed by atoms with van der Waals surface area (Å²) in [5.41, 5.74) is 0.767. The fraction of sp³-hybridized carbons (Fsp3) is 0.105. The van der Waals surface area contributed by atoms with E-state index in [0.29, 0.717) is 21.2 Å². The van der Waals surface area contributed by atoms with Crippen LogP contribution in [0.15, 0.2) is 53.7 Å². The fourth-order valence-corrected chi connectivity index (χ4v) is 3.79. The molecule has 2 heterocycles. The van der Waals surface area contributed by atoms with Gasteiger partial charge in [0, 0.05) is 26.2 Å². The molecule has 0 radical (unpaired) electrons. The summed E-state index contributed by atoms with van der Waals surface area (Å²) in [7, 11) is 1.21. The number of benzene rings is 2. The lowest BCUT2D eigenvalue weighted by Crippen LogP contribution is -2.33. The van der Waals surface area contributed by atoms with Crippen LogP contribution < -0.4 is 5.32 Å². The number of rotatable bonds is 4. The molecule has 1 atom stereocenters. The second kappa shape index (κ2) is 8.06. The number of nitrogens with one attached hydrogen (secondary N) is 1. The van der Waals surface area contributed by atoms with Crippen LogP contribution in [0.5, 0.6) is 0 Å². The van der Waals surface area contributed by atoms with E-state index < -0.39 is 17.8 Å². The zero-order valence-corrected chi connectivity index (χ0v) is 17.5. The minimum atomic E-state index is -0.904. The first-order chi connectivity index (χ1) is 14.4. The predicted octanol–water partition coefficient (Wildman–Crippen LogP) is 3.96. The van der Waals surface area contributed by atoms with Gasteiger partial charge < -0.3 is 10.1 Å². The number of anilines is 1. The number of carbonyl (C=O) groups excluding carboxylic acids is 2. The number of ketones is 1. The molecule has 1 N–H and O–H groups in total. The Morgan fingerprint density at radius 2 is 1.77 bits per heavy atom. The number of hydrogen-bond donors (Lipinski definition) is 1. The minimum absolute atomic E-state index is 0.0631. The number of allylic oxidation sites excluding steroid dienone is 1. The minimum Gasteiger partial charge on any atom is -0.464 e. The quantitative estimate of drug-likeness (QED) is 0.461. The van der Waals surface area contributed by atoms with E-state index >= 15 is 0 Å². The second-order valence-corrected chi connectivity index (χ2v) is 7.54. The number of fused-ring (bicyclic) bond motifs is 1. The Hall–Kier alpha value is -2.94. The van der Waals surface area contributed by atoms with Crippen LogP contribution in [0.4, 0.5) is 5.95 Å². The second-order valence-electron chi connectivity index (χ2n) is 6.26. The van der Waals surface area contributed by atoms with Crippen LogP contribution in [-0.4, -0.2) is 39.1 Å². The molecule has 1 aromatic heterocycles. The summed E-state index contributed by atoms with van der Waals surface area (Å²) in [6, 6.07) is 10.2. The van der Waals surface area contributed by atoms with Crippen LogP contribution in [0, 0.1) is 0 Å². The Labute approximate surface area is 185 Å². The Morgan fingerprint density at radius 1 is 1.07 bits per heavy atom. The molecule has 0 amide bonds. The summed E-state index contributed by atoms with van der Waals surface area (Å²) in [4.78, 5) is 26.1. The molecule has 11 heteroatoms. The number of ether oxygens (including phenoxy) is 1. The molecule has 1 aliphatic rings. The van der Waals surface area contributed by atoms with Gasteiger partial charge in [0.05, 0.1) is 12.7 Å². The van der Waals surface area contributed by atoms with Crippen molar-refractivity contribution in [2.75, 3.05) is 12.4 Å². The number of methoxy groups -OCH3 is 1. The first-order valence-corrected chi connectivity index (χ1v) is 9.66. The van der Waals surface area contributed by atoms with E-state index in [4.69, 9.17) is 39.5 Å². The maximum absolute atomic E-state index is 13.5. The topological polar surface area (TPSA) is 99.0 Å². The molecule has 3 aromatic rings. The molecule has 0 fully saturated rings. The molecule has 30 heavy (non-hydrogen) atoms. The van der Waals surface area contributed by atoms with E-state index in [1.807, 2.05) is 0 Å².